The zero-order chi connectivity index (χ0) is 19.3. The van der Waals surface area contributed by atoms with Gasteiger partial charge in [0, 0.05) is 0 Å². The molecule has 1 N–H and O–H groups in total. The van der Waals surface area contributed by atoms with Crippen molar-refractivity contribution in [1.29, 1.82) is 0 Å². The normalized spacial score (nSPS) is 12.3. The van der Waals surface area contributed by atoms with Gasteiger partial charge in [-0.05, 0) is 38.1 Å². The third kappa shape index (κ3) is 5.68. The highest BCUT2D eigenvalue weighted by Gasteiger charge is 2.36. The predicted octanol–water partition coefficient (Wildman–Crippen LogP) is 2.46. The van der Waals surface area contributed by atoms with E-state index in [-0.39, 0.29) is 11.5 Å². The van der Waals surface area contributed by atoms with Crippen molar-refractivity contribution in [3.63, 3.8) is 0 Å². The van der Waals surface area contributed by atoms with E-state index < -0.39 is 33.7 Å². The fourth-order valence-electron chi connectivity index (χ4n) is 2.03. The summed E-state index contributed by atoms with van der Waals surface area (Å²) in [4.78, 5) is 24.1. The molecule has 0 fully saturated rings. The SMILES string of the molecule is Cc1ccc(OC(=O)CC(C(=O)Oc2ccc(C)cc2)S(=O)(=O)O)cc1. The Bertz CT molecular complexity index is 884. The lowest BCUT2D eigenvalue weighted by Gasteiger charge is -2.13. The van der Waals surface area contributed by atoms with Crippen LogP contribution >= 0.6 is 0 Å². The fraction of sp³-hybridized carbons (Fsp3) is 0.222. The molecular formula is C18H18O7S. The summed E-state index contributed by atoms with van der Waals surface area (Å²) in [6.07, 6.45) is -0.878. The summed E-state index contributed by atoms with van der Waals surface area (Å²) in [6.45, 7) is 3.68. The second-order valence-corrected chi connectivity index (χ2v) is 7.33. The van der Waals surface area contributed by atoms with E-state index in [2.05, 4.69) is 0 Å². The predicted molar refractivity (Wildman–Crippen MR) is 93.6 cm³/mol. The summed E-state index contributed by atoms with van der Waals surface area (Å²) >= 11 is 0. The molecule has 1 atom stereocenters. The smallest absolute Gasteiger partial charge is 0.332 e. The van der Waals surface area contributed by atoms with Crippen LogP contribution in [0.1, 0.15) is 17.5 Å². The van der Waals surface area contributed by atoms with Gasteiger partial charge in [-0.15, -0.1) is 0 Å². The second-order valence-electron chi connectivity index (χ2n) is 5.73. The Balaban J connectivity index is 2.09. The molecule has 8 heteroatoms. The maximum atomic E-state index is 12.1. The summed E-state index contributed by atoms with van der Waals surface area (Å²) in [7, 11) is -4.86. The van der Waals surface area contributed by atoms with Gasteiger partial charge >= 0.3 is 11.9 Å². The first-order valence-corrected chi connectivity index (χ1v) is 9.17. The molecule has 0 aromatic heterocycles. The quantitative estimate of drug-likeness (QED) is 0.467. The van der Waals surface area contributed by atoms with Crippen molar-refractivity contribution in [1.82, 2.24) is 0 Å². The molecule has 0 radical (unpaired) electrons. The third-order valence-corrected chi connectivity index (χ3v) is 4.54. The minimum Gasteiger partial charge on any atom is -0.426 e. The molecule has 138 valence electrons. The molecule has 0 aliphatic carbocycles. The number of esters is 2. The molecule has 0 amide bonds. The Hall–Kier alpha value is -2.71. The van der Waals surface area contributed by atoms with Crippen LogP contribution < -0.4 is 9.47 Å². The van der Waals surface area contributed by atoms with E-state index in [0.29, 0.717) is 0 Å². The van der Waals surface area contributed by atoms with Crippen LogP contribution in [0.4, 0.5) is 0 Å². The molecule has 0 bridgehead atoms. The van der Waals surface area contributed by atoms with Gasteiger partial charge in [0.05, 0.1) is 6.42 Å². The van der Waals surface area contributed by atoms with Gasteiger partial charge in [0.25, 0.3) is 10.1 Å². The van der Waals surface area contributed by atoms with Crippen molar-refractivity contribution in [3.8, 4) is 11.5 Å². The Morgan fingerprint density at radius 1 is 0.885 bits per heavy atom. The summed E-state index contributed by atoms with van der Waals surface area (Å²) < 4.78 is 42.2. The number of benzene rings is 2. The van der Waals surface area contributed by atoms with E-state index in [4.69, 9.17) is 9.47 Å². The first kappa shape index (κ1) is 19.6. The van der Waals surface area contributed by atoms with Crippen molar-refractivity contribution in [2.24, 2.45) is 0 Å². The van der Waals surface area contributed by atoms with Crippen LogP contribution in [0, 0.1) is 13.8 Å². The Kier molecular flexibility index (Phi) is 6.12. The molecule has 1 unspecified atom stereocenters. The number of rotatable bonds is 6. The number of hydrogen-bond donors (Lipinski definition) is 1. The van der Waals surface area contributed by atoms with Crippen LogP contribution in [0.15, 0.2) is 48.5 Å². The van der Waals surface area contributed by atoms with E-state index >= 15 is 0 Å². The maximum Gasteiger partial charge on any atom is 0.332 e. The highest BCUT2D eigenvalue weighted by molar-refractivity contribution is 7.87. The molecule has 0 aliphatic heterocycles. The zero-order valence-corrected chi connectivity index (χ0v) is 15.0. The first-order valence-electron chi connectivity index (χ1n) is 7.67. The third-order valence-electron chi connectivity index (χ3n) is 3.47. The Labute approximate surface area is 151 Å². The molecular weight excluding hydrogens is 360 g/mol. The van der Waals surface area contributed by atoms with Gasteiger partial charge in [0.2, 0.25) is 0 Å². The van der Waals surface area contributed by atoms with E-state index in [1.54, 1.807) is 24.3 Å². The molecule has 2 aromatic carbocycles. The van der Waals surface area contributed by atoms with Crippen LogP contribution in [-0.4, -0.2) is 30.2 Å². The van der Waals surface area contributed by atoms with Crippen LogP contribution in [0.5, 0.6) is 11.5 Å². The van der Waals surface area contributed by atoms with Gasteiger partial charge in [-0.25, -0.2) is 0 Å². The van der Waals surface area contributed by atoms with Crippen LogP contribution in [-0.2, 0) is 19.7 Å². The lowest BCUT2D eigenvalue weighted by molar-refractivity contribution is -0.140. The topological polar surface area (TPSA) is 107 Å². The summed E-state index contributed by atoms with van der Waals surface area (Å²) in [5.41, 5.74) is 1.86. The van der Waals surface area contributed by atoms with E-state index in [0.717, 1.165) is 11.1 Å². The zero-order valence-electron chi connectivity index (χ0n) is 14.2. The van der Waals surface area contributed by atoms with Crippen molar-refractivity contribution >= 4 is 22.1 Å². The van der Waals surface area contributed by atoms with Gasteiger partial charge in [0.15, 0.2) is 5.25 Å². The summed E-state index contributed by atoms with van der Waals surface area (Å²) in [6, 6.07) is 12.7. The second kappa shape index (κ2) is 8.11. The highest BCUT2D eigenvalue weighted by atomic mass is 32.2. The van der Waals surface area contributed by atoms with Crippen molar-refractivity contribution in [2.75, 3.05) is 0 Å². The van der Waals surface area contributed by atoms with E-state index in [1.165, 1.54) is 24.3 Å². The lowest BCUT2D eigenvalue weighted by atomic mass is 10.2. The van der Waals surface area contributed by atoms with Crippen molar-refractivity contribution in [2.45, 2.75) is 25.5 Å². The largest absolute Gasteiger partial charge is 0.426 e. The average Bonchev–Trinajstić information content (AvgIpc) is 2.56. The van der Waals surface area contributed by atoms with Gasteiger partial charge in [-0.1, -0.05) is 35.4 Å². The Morgan fingerprint density at radius 3 is 1.73 bits per heavy atom. The molecule has 0 saturated carbocycles. The molecule has 0 heterocycles. The van der Waals surface area contributed by atoms with E-state index in [9.17, 15) is 22.6 Å². The minimum absolute atomic E-state index is 0.0983. The monoisotopic (exact) mass is 378 g/mol. The van der Waals surface area contributed by atoms with Gasteiger partial charge in [-0.3, -0.25) is 14.1 Å². The molecule has 0 saturated heterocycles. The van der Waals surface area contributed by atoms with E-state index in [1.807, 2.05) is 13.8 Å². The standard InChI is InChI=1S/C18H18O7S/c1-12-3-7-14(8-4-12)24-17(19)11-16(26(21,22)23)18(20)25-15-9-5-13(2)6-10-15/h3-10,16H,11H2,1-2H3,(H,21,22,23). The molecule has 0 spiro atoms. The van der Waals surface area contributed by atoms with Crippen LogP contribution in [0.25, 0.3) is 0 Å². The molecule has 2 aromatic rings. The lowest BCUT2D eigenvalue weighted by Crippen LogP contribution is -2.36. The molecule has 0 aliphatic rings. The number of hydrogen-bond acceptors (Lipinski definition) is 6. The Morgan fingerprint density at radius 2 is 1.31 bits per heavy atom. The molecule has 2 rings (SSSR count). The van der Waals surface area contributed by atoms with Gasteiger partial charge in [0.1, 0.15) is 11.5 Å². The first-order chi connectivity index (χ1) is 12.1. The van der Waals surface area contributed by atoms with Gasteiger partial charge < -0.3 is 9.47 Å². The van der Waals surface area contributed by atoms with Gasteiger partial charge in [-0.2, -0.15) is 8.42 Å². The highest BCUT2D eigenvalue weighted by Crippen LogP contribution is 2.17. The van der Waals surface area contributed by atoms with Crippen molar-refractivity contribution < 1.29 is 32.0 Å². The van der Waals surface area contributed by atoms with Crippen LogP contribution in [0.3, 0.4) is 0 Å². The van der Waals surface area contributed by atoms with Crippen molar-refractivity contribution in [3.05, 3.63) is 59.7 Å². The minimum atomic E-state index is -4.86. The number of carbonyl (C=O) groups is 2. The number of ether oxygens (including phenoxy) is 2. The molecule has 7 nitrogen and oxygen atoms in total. The fourth-order valence-corrected chi connectivity index (χ4v) is 2.67. The van der Waals surface area contributed by atoms with Crippen LogP contribution in [0.2, 0.25) is 0 Å². The molecule has 26 heavy (non-hydrogen) atoms. The number of carbonyl (C=O) groups excluding carboxylic acids is 2. The maximum absolute atomic E-state index is 12.1. The number of aryl methyl sites for hydroxylation is 2. The summed E-state index contributed by atoms with van der Waals surface area (Å²) in [5.74, 6) is -1.96. The average molecular weight is 378 g/mol. The summed E-state index contributed by atoms with van der Waals surface area (Å²) in [5, 5.41) is -2.08.